The molecule has 276 valence electrons. The predicted octanol–water partition coefficient (Wildman–Crippen LogP) is 14.8. The zero-order chi connectivity index (χ0) is 38.8. The number of para-hydroxylation sites is 1. The molecule has 11 rings (SSSR count). The summed E-state index contributed by atoms with van der Waals surface area (Å²) in [6.07, 6.45) is 0.968. The Morgan fingerprint density at radius 3 is 1.95 bits per heavy atom. The van der Waals surface area contributed by atoms with Crippen LogP contribution in [-0.2, 0) is 24.3 Å². The maximum absolute atomic E-state index is 2.54. The number of hydrogen-bond acceptors (Lipinski definition) is 1. The summed E-state index contributed by atoms with van der Waals surface area (Å²) in [6.45, 7) is 11.7. The number of benzene rings is 8. The predicted molar refractivity (Wildman–Crippen MR) is 243 cm³/mol. The Balaban J connectivity index is 1.12. The lowest BCUT2D eigenvalue weighted by Gasteiger charge is -2.29. The zero-order valence-electron chi connectivity index (χ0n) is 33.6. The van der Waals surface area contributed by atoms with Gasteiger partial charge in [0, 0.05) is 40.1 Å². The molecule has 0 saturated carbocycles. The van der Waals surface area contributed by atoms with Gasteiger partial charge in [0.05, 0.1) is 11.2 Å². The molecule has 0 N–H and O–H groups in total. The fourth-order valence-corrected chi connectivity index (χ4v) is 10.3. The van der Waals surface area contributed by atoms with Gasteiger partial charge in [-0.2, -0.15) is 0 Å². The molecule has 0 bridgehead atoms. The highest BCUT2D eigenvalue weighted by Gasteiger charge is 2.38. The van der Waals surface area contributed by atoms with Gasteiger partial charge in [-0.25, -0.2) is 0 Å². The Labute approximate surface area is 335 Å². The van der Waals surface area contributed by atoms with Crippen LogP contribution in [0.25, 0.3) is 66.0 Å². The van der Waals surface area contributed by atoms with E-state index in [1.54, 1.807) is 0 Å². The minimum atomic E-state index is -0.229. The topological polar surface area (TPSA) is 8.17 Å². The first-order valence-corrected chi connectivity index (χ1v) is 20.4. The molecule has 0 spiro atoms. The van der Waals surface area contributed by atoms with Crippen LogP contribution in [0, 0.1) is 0 Å². The summed E-state index contributed by atoms with van der Waals surface area (Å²) in [7, 11) is 2.19. The van der Waals surface area contributed by atoms with Gasteiger partial charge in [-0.3, -0.25) is 0 Å². The smallest absolute Gasteiger partial charge is 0.0561 e. The molecule has 9 aromatic rings. The summed E-state index contributed by atoms with van der Waals surface area (Å²) in [6, 6.07) is 59.5. The Bertz CT molecular complexity index is 3110. The third kappa shape index (κ3) is 4.89. The molecule has 57 heavy (non-hydrogen) atoms. The molecule has 8 aromatic carbocycles. The first-order valence-electron chi connectivity index (χ1n) is 20.4. The first kappa shape index (κ1) is 33.9. The van der Waals surface area contributed by atoms with Crippen LogP contribution in [0.5, 0.6) is 0 Å². The van der Waals surface area contributed by atoms with Gasteiger partial charge in [0.15, 0.2) is 0 Å². The molecular formula is C55H46N2. The van der Waals surface area contributed by atoms with Crippen molar-refractivity contribution in [2.75, 3.05) is 4.90 Å². The van der Waals surface area contributed by atoms with Gasteiger partial charge in [0.1, 0.15) is 0 Å². The number of nitrogens with zero attached hydrogens (tertiary/aromatic N) is 2. The van der Waals surface area contributed by atoms with E-state index in [0.29, 0.717) is 0 Å². The summed E-state index contributed by atoms with van der Waals surface area (Å²) < 4.78 is 2.33. The first-order chi connectivity index (χ1) is 27.6. The van der Waals surface area contributed by atoms with E-state index < -0.39 is 0 Å². The lowest BCUT2D eigenvalue weighted by molar-refractivity contribution is 0.590. The molecule has 0 unspecified atom stereocenters. The molecule has 2 aliphatic rings. The fourth-order valence-electron chi connectivity index (χ4n) is 10.3. The van der Waals surface area contributed by atoms with E-state index >= 15 is 0 Å². The number of rotatable bonds is 4. The van der Waals surface area contributed by atoms with Crippen LogP contribution in [0.1, 0.15) is 62.4 Å². The monoisotopic (exact) mass is 734 g/mol. The summed E-state index contributed by atoms with van der Waals surface area (Å²) in [5.74, 6) is 0. The number of hydrogen-bond donors (Lipinski definition) is 0. The molecule has 1 heterocycles. The van der Waals surface area contributed by atoms with Crippen molar-refractivity contribution >= 4 is 49.6 Å². The fraction of sp³-hybridized carbons (Fsp3) is 0.164. The molecule has 0 amide bonds. The zero-order valence-corrected chi connectivity index (χ0v) is 33.6. The van der Waals surface area contributed by atoms with Gasteiger partial charge in [0.25, 0.3) is 0 Å². The van der Waals surface area contributed by atoms with Crippen LogP contribution in [0.4, 0.5) is 17.1 Å². The van der Waals surface area contributed by atoms with Crippen molar-refractivity contribution in [3.05, 3.63) is 186 Å². The lowest BCUT2D eigenvalue weighted by Crippen LogP contribution is -2.17. The van der Waals surface area contributed by atoms with Gasteiger partial charge in [-0.15, -0.1) is 0 Å². The molecule has 2 nitrogen and oxygen atoms in total. The van der Waals surface area contributed by atoms with Crippen molar-refractivity contribution in [3.63, 3.8) is 0 Å². The molecule has 0 saturated heterocycles. The minimum absolute atomic E-state index is 0.0633. The van der Waals surface area contributed by atoms with E-state index in [1.165, 1.54) is 105 Å². The normalized spacial score (nSPS) is 13.9. The second-order valence-electron chi connectivity index (χ2n) is 17.8. The Kier molecular flexibility index (Phi) is 7.18. The second-order valence-corrected chi connectivity index (χ2v) is 17.8. The second kappa shape index (κ2) is 12.1. The molecule has 0 atom stereocenters. The summed E-state index contributed by atoms with van der Waals surface area (Å²) >= 11 is 0. The Hall–Kier alpha value is -6.38. The van der Waals surface area contributed by atoms with Gasteiger partial charge in [-0.05, 0) is 132 Å². The molecule has 0 radical (unpaired) electrons. The van der Waals surface area contributed by atoms with Crippen LogP contribution >= 0.6 is 0 Å². The van der Waals surface area contributed by atoms with Crippen molar-refractivity contribution in [2.45, 2.75) is 51.9 Å². The number of anilines is 3. The quantitative estimate of drug-likeness (QED) is 0.175. The molecule has 2 heteroatoms. The van der Waals surface area contributed by atoms with Crippen LogP contribution in [-0.4, -0.2) is 4.57 Å². The number of aryl methyl sites for hydroxylation is 1. The van der Waals surface area contributed by atoms with E-state index in [-0.39, 0.29) is 10.8 Å². The number of fused-ring (bicyclic) bond motifs is 11. The lowest BCUT2D eigenvalue weighted by atomic mass is 9.80. The van der Waals surface area contributed by atoms with Crippen LogP contribution in [0.2, 0.25) is 0 Å². The van der Waals surface area contributed by atoms with Crippen molar-refractivity contribution in [3.8, 4) is 33.4 Å². The van der Waals surface area contributed by atoms with E-state index in [0.717, 1.165) is 12.1 Å². The Morgan fingerprint density at radius 2 is 1.16 bits per heavy atom. The van der Waals surface area contributed by atoms with E-state index in [9.17, 15) is 0 Å². The summed E-state index contributed by atoms with van der Waals surface area (Å²) in [5, 5.41) is 5.18. The van der Waals surface area contributed by atoms with Crippen molar-refractivity contribution < 1.29 is 0 Å². The average molecular weight is 735 g/mol. The molecule has 0 fully saturated rings. The molecule has 1 aromatic heterocycles. The Morgan fingerprint density at radius 1 is 0.526 bits per heavy atom. The largest absolute Gasteiger partial charge is 0.344 e. The van der Waals surface area contributed by atoms with Gasteiger partial charge < -0.3 is 9.47 Å². The maximum Gasteiger partial charge on any atom is 0.0561 e. The standard InChI is InChI=1S/C55H46N2/c1-54(2,3)35-25-27-36(28-26-35)57(51-24-14-23-50-53(51)44-19-11-12-22-49(44)56(50)6)37-29-30-43-47(32-37)55(4,5)48-33-46(40-17-9-10-18-42(40)52(43)48)41-21-13-20-39-38-16-8-7-15-34(38)31-45(39)41/h7-30,32-33H,31H2,1-6H3. The SMILES string of the molecule is Cn1c2ccccc2c2c(N(c3ccc(C(C)(C)C)cc3)c3ccc4c(c3)C(C)(C)c3cc(-c5cccc6c5Cc5ccccc5-6)c5ccccc5c3-4)cccc21. The van der Waals surface area contributed by atoms with Crippen molar-refractivity contribution in [2.24, 2.45) is 7.05 Å². The van der Waals surface area contributed by atoms with Gasteiger partial charge in [0.2, 0.25) is 0 Å². The van der Waals surface area contributed by atoms with Gasteiger partial charge in [-0.1, -0.05) is 144 Å². The third-order valence-electron chi connectivity index (χ3n) is 13.2. The van der Waals surface area contributed by atoms with E-state index in [4.69, 9.17) is 0 Å². The maximum atomic E-state index is 2.54. The number of aromatic nitrogens is 1. The van der Waals surface area contributed by atoms with E-state index in [1.807, 2.05) is 0 Å². The van der Waals surface area contributed by atoms with Crippen LogP contribution < -0.4 is 4.90 Å². The van der Waals surface area contributed by atoms with Gasteiger partial charge >= 0.3 is 0 Å². The van der Waals surface area contributed by atoms with Crippen LogP contribution in [0.15, 0.2) is 158 Å². The van der Waals surface area contributed by atoms with E-state index in [2.05, 4.69) is 209 Å². The summed E-state index contributed by atoms with van der Waals surface area (Å²) in [4.78, 5) is 2.50. The highest BCUT2D eigenvalue weighted by molar-refractivity contribution is 6.16. The highest BCUT2D eigenvalue weighted by atomic mass is 15.1. The highest BCUT2D eigenvalue weighted by Crippen LogP contribution is 2.56. The van der Waals surface area contributed by atoms with Crippen molar-refractivity contribution in [1.29, 1.82) is 0 Å². The van der Waals surface area contributed by atoms with Crippen molar-refractivity contribution in [1.82, 2.24) is 4.57 Å². The summed E-state index contributed by atoms with van der Waals surface area (Å²) in [5.41, 5.74) is 20.9. The molecular weight excluding hydrogens is 689 g/mol. The third-order valence-corrected chi connectivity index (χ3v) is 13.2. The average Bonchev–Trinajstić information content (AvgIpc) is 3.83. The molecule has 0 aliphatic heterocycles. The molecule has 2 aliphatic carbocycles. The minimum Gasteiger partial charge on any atom is -0.344 e. The van der Waals surface area contributed by atoms with Crippen LogP contribution in [0.3, 0.4) is 0 Å².